The van der Waals surface area contributed by atoms with Gasteiger partial charge in [-0.2, -0.15) is 0 Å². The van der Waals surface area contributed by atoms with Crippen molar-refractivity contribution in [3.63, 3.8) is 0 Å². The quantitative estimate of drug-likeness (QED) is 0.621. The van der Waals surface area contributed by atoms with Gasteiger partial charge in [-0.3, -0.25) is 0 Å². The molecule has 0 atom stereocenters. The molecule has 0 radical (unpaired) electrons. The van der Waals surface area contributed by atoms with Gasteiger partial charge in [-0.1, -0.05) is 0 Å². The largest absolute Gasteiger partial charge is 0.506 e. The fourth-order valence-corrected chi connectivity index (χ4v) is 0.936. The number of carboxylic acid groups (broad SMARTS) is 1. The zero-order valence-corrected chi connectivity index (χ0v) is 6.80. The van der Waals surface area contributed by atoms with Gasteiger partial charge in [0.15, 0.2) is 0 Å². The Morgan fingerprint density at radius 3 is 2.45 bits per heavy atom. The van der Waals surface area contributed by atoms with Crippen LogP contribution in [0.1, 0.15) is 12.8 Å². The number of rotatable bonds is 1. The molecule has 0 aromatic carbocycles. The van der Waals surface area contributed by atoms with Crippen molar-refractivity contribution in [3.8, 4) is 0 Å². The van der Waals surface area contributed by atoms with Crippen LogP contribution < -0.4 is 0 Å². The second kappa shape index (κ2) is 5.21. The highest BCUT2D eigenvalue weighted by molar-refractivity contribution is 5.85. The van der Waals surface area contributed by atoms with Crippen molar-refractivity contribution >= 4 is 18.6 Å². The van der Waals surface area contributed by atoms with Gasteiger partial charge in [-0.15, -0.1) is 12.4 Å². The van der Waals surface area contributed by atoms with Crippen LogP contribution in [0.4, 0.5) is 4.79 Å². The molecule has 5 heteroatoms. The van der Waals surface area contributed by atoms with Gasteiger partial charge in [0.05, 0.1) is 13.2 Å². The average Bonchev–Trinajstić information content (AvgIpc) is 1.88. The van der Waals surface area contributed by atoms with Crippen molar-refractivity contribution in [2.75, 3.05) is 13.2 Å². The number of hydrogen-bond acceptors (Lipinski definition) is 3. The lowest BCUT2D eigenvalue weighted by molar-refractivity contribution is -0.0157. The second-order valence-electron chi connectivity index (χ2n) is 2.20. The van der Waals surface area contributed by atoms with Crippen molar-refractivity contribution in [3.05, 3.63) is 0 Å². The van der Waals surface area contributed by atoms with E-state index in [9.17, 15) is 4.79 Å². The van der Waals surface area contributed by atoms with Crippen LogP contribution in [0.25, 0.3) is 0 Å². The van der Waals surface area contributed by atoms with Crippen LogP contribution in [-0.4, -0.2) is 30.6 Å². The van der Waals surface area contributed by atoms with Gasteiger partial charge in [0.2, 0.25) is 0 Å². The molecule has 0 bridgehead atoms. The Hall–Kier alpha value is -0.480. The molecule has 0 unspecified atom stereocenters. The van der Waals surface area contributed by atoms with Crippen LogP contribution in [0.15, 0.2) is 0 Å². The van der Waals surface area contributed by atoms with E-state index in [0.717, 1.165) is 0 Å². The summed E-state index contributed by atoms with van der Waals surface area (Å²) in [5, 5.41) is 8.20. The lowest BCUT2D eigenvalue weighted by Crippen LogP contribution is -2.25. The molecule has 1 aliphatic rings. The molecule has 1 saturated heterocycles. The van der Waals surface area contributed by atoms with E-state index in [0.29, 0.717) is 26.1 Å². The Labute approximate surface area is 70.9 Å². The Kier molecular flexibility index (Phi) is 4.98. The van der Waals surface area contributed by atoms with Gasteiger partial charge >= 0.3 is 6.16 Å². The highest BCUT2D eigenvalue weighted by Gasteiger charge is 2.16. The zero-order valence-electron chi connectivity index (χ0n) is 5.99. The first-order valence-corrected chi connectivity index (χ1v) is 3.26. The molecule has 0 aromatic heterocycles. The van der Waals surface area contributed by atoms with Gasteiger partial charge in [0.25, 0.3) is 0 Å². The molecule has 1 rings (SSSR count). The third kappa shape index (κ3) is 4.06. The van der Waals surface area contributed by atoms with Crippen LogP contribution >= 0.6 is 12.4 Å². The second-order valence-corrected chi connectivity index (χ2v) is 2.20. The van der Waals surface area contributed by atoms with Crippen LogP contribution in [0, 0.1) is 0 Å². The summed E-state index contributed by atoms with van der Waals surface area (Å²) in [7, 11) is 0. The van der Waals surface area contributed by atoms with Crippen molar-refractivity contribution in [2.24, 2.45) is 0 Å². The topological polar surface area (TPSA) is 55.8 Å². The lowest BCUT2D eigenvalue weighted by Gasteiger charge is -2.20. The first-order valence-electron chi connectivity index (χ1n) is 3.26. The fraction of sp³-hybridized carbons (Fsp3) is 0.833. The molecule has 0 saturated carbocycles. The van der Waals surface area contributed by atoms with Gasteiger partial charge in [-0.05, 0) is 0 Å². The summed E-state index contributed by atoms with van der Waals surface area (Å²) in [6.07, 6.45) is 0.0386. The molecule has 1 N–H and O–H groups in total. The maximum absolute atomic E-state index is 10.0. The van der Waals surface area contributed by atoms with Crippen molar-refractivity contribution in [1.82, 2.24) is 0 Å². The summed E-state index contributed by atoms with van der Waals surface area (Å²) < 4.78 is 9.54. The van der Waals surface area contributed by atoms with Crippen LogP contribution in [0.3, 0.4) is 0 Å². The van der Waals surface area contributed by atoms with Crippen molar-refractivity contribution in [2.45, 2.75) is 18.9 Å². The molecule has 1 aliphatic heterocycles. The summed E-state index contributed by atoms with van der Waals surface area (Å²) in [6.45, 7) is 1.22. The van der Waals surface area contributed by atoms with E-state index in [1.807, 2.05) is 0 Å². The summed E-state index contributed by atoms with van der Waals surface area (Å²) in [5.41, 5.74) is 0. The SMILES string of the molecule is Cl.O=C(O)OC1CCOCC1. The van der Waals surface area contributed by atoms with E-state index in [2.05, 4.69) is 4.74 Å². The molecule has 0 spiro atoms. The van der Waals surface area contributed by atoms with Crippen molar-refractivity contribution in [1.29, 1.82) is 0 Å². The Bertz CT molecular complexity index is 122. The molecular formula is C6H11ClO4. The molecule has 0 amide bonds. The smallest absolute Gasteiger partial charge is 0.450 e. The van der Waals surface area contributed by atoms with E-state index in [4.69, 9.17) is 9.84 Å². The third-order valence-corrected chi connectivity index (χ3v) is 1.44. The molecule has 4 nitrogen and oxygen atoms in total. The molecule has 0 aliphatic carbocycles. The van der Waals surface area contributed by atoms with E-state index in [1.54, 1.807) is 0 Å². The van der Waals surface area contributed by atoms with E-state index >= 15 is 0 Å². The van der Waals surface area contributed by atoms with Gasteiger partial charge in [-0.25, -0.2) is 4.79 Å². The number of ether oxygens (including phenoxy) is 2. The zero-order chi connectivity index (χ0) is 7.40. The molecule has 1 fully saturated rings. The van der Waals surface area contributed by atoms with Gasteiger partial charge in [0.1, 0.15) is 6.10 Å². The predicted molar refractivity (Wildman–Crippen MR) is 40.2 cm³/mol. The minimum Gasteiger partial charge on any atom is -0.450 e. The number of halogens is 1. The van der Waals surface area contributed by atoms with E-state index < -0.39 is 6.16 Å². The van der Waals surface area contributed by atoms with E-state index in [-0.39, 0.29) is 18.5 Å². The number of carbonyl (C=O) groups is 1. The van der Waals surface area contributed by atoms with Crippen LogP contribution in [0.2, 0.25) is 0 Å². The number of hydrogen-bond donors (Lipinski definition) is 1. The first-order chi connectivity index (χ1) is 4.79. The van der Waals surface area contributed by atoms with Crippen molar-refractivity contribution < 1.29 is 19.4 Å². The Morgan fingerprint density at radius 1 is 1.45 bits per heavy atom. The summed E-state index contributed by atoms with van der Waals surface area (Å²) in [5.74, 6) is 0. The maximum Gasteiger partial charge on any atom is 0.506 e. The molecule has 66 valence electrons. The van der Waals surface area contributed by atoms with Gasteiger partial charge < -0.3 is 14.6 Å². The first kappa shape index (κ1) is 10.5. The van der Waals surface area contributed by atoms with Crippen LogP contribution in [-0.2, 0) is 9.47 Å². The molecule has 11 heavy (non-hydrogen) atoms. The molecule has 0 aromatic rings. The predicted octanol–water partition coefficient (Wildman–Crippen LogP) is 1.28. The lowest BCUT2D eigenvalue weighted by atomic mass is 10.2. The fourth-order valence-electron chi connectivity index (χ4n) is 0.936. The van der Waals surface area contributed by atoms with Crippen LogP contribution in [0.5, 0.6) is 0 Å². The summed E-state index contributed by atoms with van der Waals surface area (Å²) in [4.78, 5) is 10.0. The minimum absolute atomic E-state index is 0. The summed E-state index contributed by atoms with van der Waals surface area (Å²) >= 11 is 0. The van der Waals surface area contributed by atoms with Gasteiger partial charge in [0, 0.05) is 12.8 Å². The monoisotopic (exact) mass is 182 g/mol. The third-order valence-electron chi connectivity index (χ3n) is 1.44. The maximum atomic E-state index is 10.0. The van der Waals surface area contributed by atoms with E-state index in [1.165, 1.54) is 0 Å². The Morgan fingerprint density at radius 2 is 2.00 bits per heavy atom. The minimum atomic E-state index is -1.19. The average molecular weight is 183 g/mol. The highest BCUT2D eigenvalue weighted by Crippen LogP contribution is 2.09. The molecule has 1 heterocycles. The standard InChI is InChI=1S/C6H10O4.ClH/c7-6(8)10-5-1-3-9-4-2-5;/h5H,1-4H2,(H,7,8);1H. The summed E-state index contributed by atoms with van der Waals surface area (Å²) in [6, 6.07) is 0. The molecular weight excluding hydrogens is 172 g/mol. The highest BCUT2D eigenvalue weighted by atomic mass is 35.5. The normalized spacial score (nSPS) is 18.5. The Balaban J connectivity index is 0.000001000.